The van der Waals surface area contributed by atoms with Crippen LogP contribution < -0.4 is 5.32 Å². The number of halogens is 2. The van der Waals surface area contributed by atoms with Crippen LogP contribution in [0.15, 0.2) is 48.8 Å². The molecule has 1 heterocycles. The van der Waals surface area contributed by atoms with Crippen LogP contribution in [0.3, 0.4) is 0 Å². The Kier molecular flexibility index (Phi) is 3.90. The number of likely N-dealkylation sites (N-methyl/N-ethyl adjacent to an activating group) is 1. The van der Waals surface area contributed by atoms with Crippen LogP contribution in [0.4, 0.5) is 4.39 Å². The van der Waals surface area contributed by atoms with E-state index in [1.807, 2.05) is 35.9 Å². The topological polar surface area (TPSA) is 29.9 Å². The Labute approximate surface area is 127 Å². The Morgan fingerprint density at radius 3 is 2.86 bits per heavy atom. The standard InChI is InChI=1S/C16H15ClFN3/c1-19-15(12-7-6-11(17)8-13(12)18)9-21-10-20-14-4-2-3-5-16(14)21/h2-8,10,15,19H,9H2,1H3. The summed E-state index contributed by atoms with van der Waals surface area (Å²) in [5.74, 6) is -0.300. The van der Waals surface area contributed by atoms with Gasteiger partial charge in [-0.15, -0.1) is 0 Å². The molecular formula is C16H15ClFN3. The van der Waals surface area contributed by atoms with Crippen LogP contribution in [0.5, 0.6) is 0 Å². The maximum absolute atomic E-state index is 14.1. The molecule has 0 amide bonds. The average molecular weight is 304 g/mol. The molecule has 1 N–H and O–H groups in total. The summed E-state index contributed by atoms with van der Waals surface area (Å²) in [6.45, 7) is 0.593. The van der Waals surface area contributed by atoms with Crippen LogP contribution in [-0.2, 0) is 6.54 Å². The van der Waals surface area contributed by atoms with Crippen molar-refractivity contribution in [3.63, 3.8) is 0 Å². The number of hydrogen-bond acceptors (Lipinski definition) is 2. The number of nitrogens with one attached hydrogen (secondary N) is 1. The SMILES string of the molecule is CNC(Cn1cnc2ccccc21)c1ccc(Cl)cc1F. The number of aromatic nitrogens is 2. The van der Waals surface area contributed by atoms with Gasteiger partial charge >= 0.3 is 0 Å². The summed E-state index contributed by atoms with van der Waals surface area (Å²) in [5, 5.41) is 3.55. The summed E-state index contributed by atoms with van der Waals surface area (Å²) >= 11 is 5.81. The Morgan fingerprint density at radius 2 is 2.10 bits per heavy atom. The molecule has 0 fully saturated rings. The van der Waals surface area contributed by atoms with Gasteiger partial charge in [-0.25, -0.2) is 9.37 Å². The van der Waals surface area contributed by atoms with E-state index in [2.05, 4.69) is 10.3 Å². The predicted molar refractivity (Wildman–Crippen MR) is 82.9 cm³/mol. The van der Waals surface area contributed by atoms with Crippen molar-refractivity contribution in [1.29, 1.82) is 0 Å². The minimum atomic E-state index is -0.300. The van der Waals surface area contributed by atoms with Crippen LogP contribution >= 0.6 is 11.6 Å². The zero-order valence-corrected chi connectivity index (χ0v) is 12.3. The number of fused-ring (bicyclic) bond motifs is 1. The van der Waals surface area contributed by atoms with Crippen LogP contribution in [0.2, 0.25) is 5.02 Å². The van der Waals surface area contributed by atoms with E-state index in [4.69, 9.17) is 11.6 Å². The molecule has 0 saturated heterocycles. The van der Waals surface area contributed by atoms with Gasteiger partial charge in [0, 0.05) is 17.1 Å². The van der Waals surface area contributed by atoms with E-state index in [-0.39, 0.29) is 11.9 Å². The third-order valence-electron chi connectivity index (χ3n) is 3.59. The van der Waals surface area contributed by atoms with E-state index in [0.717, 1.165) is 11.0 Å². The largest absolute Gasteiger partial charge is 0.329 e. The van der Waals surface area contributed by atoms with E-state index in [1.54, 1.807) is 18.5 Å². The van der Waals surface area contributed by atoms with Gasteiger partial charge in [0.05, 0.1) is 23.4 Å². The van der Waals surface area contributed by atoms with E-state index in [9.17, 15) is 4.39 Å². The zero-order valence-electron chi connectivity index (χ0n) is 11.6. The fraction of sp³-hybridized carbons (Fsp3) is 0.188. The third-order valence-corrected chi connectivity index (χ3v) is 3.83. The van der Waals surface area contributed by atoms with E-state index < -0.39 is 0 Å². The molecule has 0 saturated carbocycles. The Hall–Kier alpha value is -1.91. The minimum absolute atomic E-state index is 0.153. The van der Waals surface area contributed by atoms with E-state index in [1.165, 1.54) is 6.07 Å². The van der Waals surface area contributed by atoms with Crippen molar-refractivity contribution in [2.75, 3.05) is 7.05 Å². The first kappa shape index (κ1) is 14.0. The summed E-state index contributed by atoms with van der Waals surface area (Å²) in [4.78, 5) is 4.36. The van der Waals surface area contributed by atoms with Gasteiger partial charge in [0.15, 0.2) is 0 Å². The lowest BCUT2D eigenvalue weighted by Gasteiger charge is -2.18. The molecule has 1 unspecified atom stereocenters. The van der Waals surface area contributed by atoms with E-state index in [0.29, 0.717) is 17.1 Å². The second kappa shape index (κ2) is 5.84. The fourth-order valence-electron chi connectivity index (χ4n) is 2.48. The maximum Gasteiger partial charge on any atom is 0.129 e. The van der Waals surface area contributed by atoms with Gasteiger partial charge in [0.25, 0.3) is 0 Å². The lowest BCUT2D eigenvalue weighted by atomic mass is 10.1. The van der Waals surface area contributed by atoms with Gasteiger partial charge in [-0.2, -0.15) is 0 Å². The summed E-state index contributed by atoms with van der Waals surface area (Å²) in [6.07, 6.45) is 1.78. The molecule has 5 heteroatoms. The average Bonchev–Trinajstić information content (AvgIpc) is 2.89. The summed E-state index contributed by atoms with van der Waals surface area (Å²) in [6, 6.07) is 12.5. The molecule has 3 aromatic rings. The molecule has 3 rings (SSSR count). The second-order valence-electron chi connectivity index (χ2n) is 4.89. The molecule has 3 nitrogen and oxygen atoms in total. The zero-order chi connectivity index (χ0) is 14.8. The number of nitrogens with zero attached hydrogens (tertiary/aromatic N) is 2. The Morgan fingerprint density at radius 1 is 1.29 bits per heavy atom. The van der Waals surface area contributed by atoms with Crippen LogP contribution in [0.25, 0.3) is 11.0 Å². The van der Waals surface area contributed by atoms with Gasteiger partial charge < -0.3 is 9.88 Å². The van der Waals surface area contributed by atoms with Crippen molar-refractivity contribution < 1.29 is 4.39 Å². The van der Waals surface area contributed by atoms with Gasteiger partial charge in [0.2, 0.25) is 0 Å². The first-order valence-corrected chi connectivity index (χ1v) is 7.09. The molecule has 0 spiro atoms. The third kappa shape index (κ3) is 2.77. The number of benzene rings is 2. The van der Waals surface area contributed by atoms with Crippen molar-refractivity contribution >= 4 is 22.6 Å². The molecule has 2 aromatic carbocycles. The molecule has 1 atom stereocenters. The molecule has 0 bridgehead atoms. The quantitative estimate of drug-likeness (QED) is 0.795. The first-order chi connectivity index (χ1) is 10.2. The Bertz CT molecular complexity index is 769. The van der Waals surface area contributed by atoms with E-state index >= 15 is 0 Å². The fourth-order valence-corrected chi connectivity index (χ4v) is 2.64. The van der Waals surface area contributed by atoms with Crippen molar-refractivity contribution in [1.82, 2.24) is 14.9 Å². The lowest BCUT2D eigenvalue weighted by Crippen LogP contribution is -2.22. The maximum atomic E-state index is 14.1. The monoisotopic (exact) mass is 303 g/mol. The molecule has 0 aliphatic rings. The van der Waals surface area contributed by atoms with Crippen molar-refractivity contribution in [2.24, 2.45) is 0 Å². The molecule has 21 heavy (non-hydrogen) atoms. The molecular weight excluding hydrogens is 289 g/mol. The van der Waals surface area contributed by atoms with Crippen LogP contribution in [-0.4, -0.2) is 16.6 Å². The summed E-state index contributed by atoms with van der Waals surface area (Å²) < 4.78 is 16.1. The van der Waals surface area contributed by atoms with Crippen LogP contribution in [0.1, 0.15) is 11.6 Å². The van der Waals surface area contributed by atoms with Gasteiger partial charge in [-0.1, -0.05) is 29.8 Å². The number of para-hydroxylation sites is 2. The number of hydrogen-bond donors (Lipinski definition) is 1. The molecule has 0 aliphatic carbocycles. The smallest absolute Gasteiger partial charge is 0.129 e. The highest BCUT2D eigenvalue weighted by Gasteiger charge is 2.16. The van der Waals surface area contributed by atoms with Crippen molar-refractivity contribution in [3.05, 3.63) is 65.2 Å². The highest BCUT2D eigenvalue weighted by atomic mass is 35.5. The molecule has 108 valence electrons. The molecule has 0 aliphatic heterocycles. The second-order valence-corrected chi connectivity index (χ2v) is 5.33. The highest BCUT2D eigenvalue weighted by Crippen LogP contribution is 2.23. The van der Waals surface area contributed by atoms with Crippen molar-refractivity contribution in [2.45, 2.75) is 12.6 Å². The number of rotatable bonds is 4. The summed E-state index contributed by atoms with van der Waals surface area (Å²) in [7, 11) is 1.82. The van der Waals surface area contributed by atoms with Crippen molar-refractivity contribution in [3.8, 4) is 0 Å². The molecule has 1 aromatic heterocycles. The van der Waals surface area contributed by atoms with Gasteiger partial charge in [0.1, 0.15) is 5.82 Å². The molecule has 0 radical (unpaired) electrons. The van der Waals surface area contributed by atoms with Crippen LogP contribution in [0, 0.1) is 5.82 Å². The lowest BCUT2D eigenvalue weighted by molar-refractivity contribution is 0.480. The summed E-state index contributed by atoms with van der Waals surface area (Å²) in [5.41, 5.74) is 2.57. The number of imidazole rings is 1. The first-order valence-electron chi connectivity index (χ1n) is 6.71. The predicted octanol–water partition coefficient (Wildman–Crippen LogP) is 3.79. The van der Waals surface area contributed by atoms with Gasteiger partial charge in [-0.3, -0.25) is 0 Å². The normalized spacial score (nSPS) is 12.7. The Balaban J connectivity index is 1.94. The minimum Gasteiger partial charge on any atom is -0.329 e. The van der Waals surface area contributed by atoms with Gasteiger partial charge in [-0.05, 0) is 31.3 Å². The highest BCUT2D eigenvalue weighted by molar-refractivity contribution is 6.30.